The van der Waals surface area contributed by atoms with Crippen LogP contribution < -0.4 is 4.72 Å². The van der Waals surface area contributed by atoms with E-state index >= 15 is 0 Å². The zero-order valence-corrected chi connectivity index (χ0v) is 18.8. The number of hydrogen-bond donors (Lipinski definition) is 1. The minimum absolute atomic E-state index is 0.0283. The molecular weight excluding hydrogens is 479 g/mol. The summed E-state index contributed by atoms with van der Waals surface area (Å²) in [5.41, 5.74) is 0.760. The average Bonchev–Trinajstić information content (AvgIpc) is 3.17. The van der Waals surface area contributed by atoms with Crippen LogP contribution in [0.5, 0.6) is 0 Å². The third-order valence-electron chi connectivity index (χ3n) is 4.26. The van der Waals surface area contributed by atoms with Gasteiger partial charge in [-0.2, -0.15) is 0 Å². The second-order valence-corrected chi connectivity index (χ2v) is 10.2. The van der Waals surface area contributed by atoms with Crippen molar-refractivity contribution in [1.82, 2.24) is 5.16 Å². The zero-order chi connectivity index (χ0) is 22.0. The standard InChI is InChI=1S/C21H14Cl2N2O4S2/c22-15-11-12-18(17(23)13-15)30(26)21-20(19(24-29-21)14-7-3-1-4-8-14)25-31(27,28)16-9-5-2-6-10-16/h1-13,25H. The molecule has 0 aliphatic carbocycles. The van der Waals surface area contributed by atoms with Crippen molar-refractivity contribution in [3.05, 3.63) is 88.9 Å². The summed E-state index contributed by atoms with van der Waals surface area (Å²) in [6.07, 6.45) is 0. The first-order valence-corrected chi connectivity index (χ1v) is 12.3. The maximum absolute atomic E-state index is 13.3. The lowest BCUT2D eigenvalue weighted by Crippen LogP contribution is -2.15. The third-order valence-corrected chi connectivity index (χ3v) is 7.66. The first-order chi connectivity index (χ1) is 14.9. The van der Waals surface area contributed by atoms with Crippen LogP contribution >= 0.6 is 23.2 Å². The molecule has 10 heteroatoms. The third kappa shape index (κ3) is 4.58. The molecule has 158 valence electrons. The summed E-state index contributed by atoms with van der Waals surface area (Å²) in [7, 11) is -4.01. The van der Waals surface area contributed by atoms with E-state index in [9.17, 15) is 13.0 Å². The number of sulfonamides is 1. The lowest BCUT2D eigenvalue weighted by molar-refractivity contribution is 0.342. The summed E-state index contributed by atoms with van der Waals surface area (Å²) in [5.74, 6) is 0. The number of nitrogens with zero attached hydrogens (tertiary/aromatic N) is 1. The maximum Gasteiger partial charge on any atom is 0.366 e. The van der Waals surface area contributed by atoms with Gasteiger partial charge >= 0.3 is 5.09 Å². The Hall–Kier alpha value is -2.49. The molecule has 0 bridgehead atoms. The van der Waals surface area contributed by atoms with Crippen LogP contribution in [0.15, 0.2) is 98.3 Å². The van der Waals surface area contributed by atoms with Crippen LogP contribution in [0.3, 0.4) is 0 Å². The highest BCUT2D eigenvalue weighted by Gasteiger charge is 2.33. The summed E-state index contributed by atoms with van der Waals surface area (Å²) >= 11 is 10.2. The van der Waals surface area contributed by atoms with Gasteiger partial charge in [0.05, 0.1) is 21.1 Å². The molecule has 1 aromatic heterocycles. The second-order valence-electron chi connectivity index (χ2n) is 6.32. The van der Waals surface area contributed by atoms with Crippen molar-refractivity contribution >= 4 is 50.1 Å². The van der Waals surface area contributed by atoms with E-state index in [0.717, 1.165) is 0 Å². The quantitative estimate of drug-likeness (QED) is 0.352. The van der Waals surface area contributed by atoms with Gasteiger partial charge in [-0.15, -0.1) is 0 Å². The Bertz CT molecular complexity index is 1310. The number of aromatic nitrogens is 1. The molecule has 3 aromatic carbocycles. The van der Waals surface area contributed by atoms with Gasteiger partial charge < -0.3 is 9.08 Å². The van der Waals surface area contributed by atoms with Crippen molar-refractivity contribution in [2.75, 3.05) is 4.72 Å². The van der Waals surface area contributed by atoms with Gasteiger partial charge in [0.25, 0.3) is 10.0 Å². The molecule has 0 amide bonds. The van der Waals surface area contributed by atoms with Crippen molar-refractivity contribution < 1.29 is 17.5 Å². The molecule has 0 spiro atoms. The van der Waals surface area contributed by atoms with E-state index in [1.165, 1.54) is 30.3 Å². The van der Waals surface area contributed by atoms with Gasteiger partial charge in [-0.1, -0.05) is 76.9 Å². The van der Waals surface area contributed by atoms with Crippen LogP contribution in [-0.2, 0) is 21.2 Å². The maximum atomic E-state index is 13.3. The minimum atomic E-state index is -4.01. The largest absolute Gasteiger partial charge is 0.604 e. The van der Waals surface area contributed by atoms with E-state index in [1.807, 2.05) is 6.07 Å². The molecule has 0 aliphatic rings. The fraction of sp³-hybridized carbons (Fsp3) is 0. The van der Waals surface area contributed by atoms with Crippen LogP contribution in [0.2, 0.25) is 10.0 Å². The van der Waals surface area contributed by atoms with E-state index < -0.39 is 21.2 Å². The Morgan fingerprint density at radius 2 is 1.58 bits per heavy atom. The Balaban J connectivity index is 1.84. The van der Waals surface area contributed by atoms with Crippen molar-refractivity contribution in [2.45, 2.75) is 14.9 Å². The van der Waals surface area contributed by atoms with Crippen LogP contribution in [0.1, 0.15) is 0 Å². The number of rotatable bonds is 6. The molecule has 1 N–H and O–H groups in total. The molecule has 0 aliphatic heterocycles. The topological polar surface area (TPSA) is 95.3 Å². The van der Waals surface area contributed by atoms with Crippen molar-refractivity contribution in [3.8, 4) is 11.3 Å². The summed E-state index contributed by atoms with van der Waals surface area (Å²) in [5, 5.41) is 4.34. The monoisotopic (exact) mass is 492 g/mol. The lowest BCUT2D eigenvalue weighted by atomic mass is 10.1. The number of hydrogen-bond acceptors (Lipinski definition) is 5. The molecule has 31 heavy (non-hydrogen) atoms. The smallest absolute Gasteiger partial charge is 0.366 e. The molecule has 0 saturated heterocycles. The molecule has 1 atom stereocenters. The SMILES string of the molecule is O=S(=O)(Nc1c(-c2ccccc2)noc1[S+]([O-])c1ccc(Cl)cc1Cl)c1ccccc1. The molecule has 4 rings (SSSR count). The molecular formula is C21H14Cl2N2O4S2. The van der Waals surface area contributed by atoms with Gasteiger partial charge in [0.15, 0.2) is 10.6 Å². The van der Waals surface area contributed by atoms with Crippen molar-refractivity contribution in [2.24, 2.45) is 0 Å². The van der Waals surface area contributed by atoms with Gasteiger partial charge in [-0.3, -0.25) is 4.72 Å². The molecule has 0 fully saturated rings. The van der Waals surface area contributed by atoms with E-state index in [1.54, 1.807) is 42.5 Å². The first-order valence-electron chi connectivity index (χ1n) is 8.86. The highest BCUT2D eigenvalue weighted by Crippen LogP contribution is 2.39. The molecule has 0 radical (unpaired) electrons. The molecule has 4 aromatic rings. The van der Waals surface area contributed by atoms with Gasteiger partial charge in [0, 0.05) is 10.6 Å². The van der Waals surface area contributed by atoms with E-state index in [2.05, 4.69) is 9.88 Å². The van der Waals surface area contributed by atoms with Gasteiger partial charge in [0.2, 0.25) is 0 Å². The van der Waals surface area contributed by atoms with Crippen LogP contribution in [-0.4, -0.2) is 18.1 Å². The summed E-state index contributed by atoms with van der Waals surface area (Å²) in [6, 6.07) is 21.1. The van der Waals surface area contributed by atoms with E-state index in [-0.39, 0.29) is 31.3 Å². The molecule has 1 unspecified atom stereocenters. The number of benzene rings is 3. The van der Waals surface area contributed by atoms with E-state index in [4.69, 9.17) is 27.7 Å². The summed E-state index contributed by atoms with van der Waals surface area (Å²) in [6.45, 7) is 0. The fourth-order valence-electron chi connectivity index (χ4n) is 2.80. The van der Waals surface area contributed by atoms with Crippen LogP contribution in [0, 0.1) is 0 Å². The predicted octanol–water partition coefficient (Wildman–Crippen LogP) is 5.62. The number of halogens is 2. The van der Waals surface area contributed by atoms with Gasteiger partial charge in [0.1, 0.15) is 5.69 Å². The Morgan fingerprint density at radius 1 is 0.935 bits per heavy atom. The highest BCUT2D eigenvalue weighted by atomic mass is 35.5. The van der Waals surface area contributed by atoms with E-state index in [0.29, 0.717) is 10.6 Å². The van der Waals surface area contributed by atoms with Crippen molar-refractivity contribution in [3.63, 3.8) is 0 Å². The highest BCUT2D eigenvalue weighted by molar-refractivity contribution is 7.93. The lowest BCUT2D eigenvalue weighted by Gasteiger charge is -2.12. The van der Waals surface area contributed by atoms with Crippen LogP contribution in [0.25, 0.3) is 11.3 Å². The first kappa shape index (κ1) is 21.7. The molecule has 6 nitrogen and oxygen atoms in total. The van der Waals surface area contributed by atoms with Gasteiger partial charge in [-0.25, -0.2) is 8.42 Å². The molecule has 0 saturated carbocycles. The minimum Gasteiger partial charge on any atom is -0.604 e. The Labute approximate surface area is 192 Å². The number of anilines is 1. The van der Waals surface area contributed by atoms with Crippen LogP contribution in [0.4, 0.5) is 5.69 Å². The summed E-state index contributed by atoms with van der Waals surface area (Å²) in [4.78, 5) is 0.249. The van der Waals surface area contributed by atoms with Crippen molar-refractivity contribution in [1.29, 1.82) is 0 Å². The zero-order valence-electron chi connectivity index (χ0n) is 15.7. The Kier molecular flexibility index (Phi) is 6.27. The fourth-order valence-corrected chi connectivity index (χ4v) is 5.64. The second kappa shape index (κ2) is 8.94. The van der Waals surface area contributed by atoms with Gasteiger partial charge in [-0.05, 0) is 30.3 Å². The number of nitrogens with one attached hydrogen (secondary N) is 1. The average molecular weight is 493 g/mol. The predicted molar refractivity (Wildman–Crippen MR) is 120 cm³/mol. The Morgan fingerprint density at radius 3 is 2.23 bits per heavy atom. The summed E-state index contributed by atoms with van der Waals surface area (Å²) < 4.78 is 47.1. The molecule has 1 heterocycles. The normalized spacial score (nSPS) is 12.5.